The first-order valence-corrected chi connectivity index (χ1v) is 6.18. The molecule has 2 unspecified atom stereocenters. The second kappa shape index (κ2) is 7.63. The number of nitrogens with two attached hydrogens (primary N) is 1. The molecule has 0 aliphatic carbocycles. The molecule has 0 heterocycles. The molecule has 0 amide bonds. The van der Waals surface area contributed by atoms with Crippen LogP contribution in [0.25, 0.3) is 0 Å². The zero-order chi connectivity index (χ0) is 13.5. The zero-order valence-electron chi connectivity index (χ0n) is 11.5. The molecule has 0 fully saturated rings. The van der Waals surface area contributed by atoms with E-state index >= 15 is 0 Å². The Morgan fingerprint density at radius 3 is 2.35 bits per heavy atom. The maximum absolute atomic E-state index is 10.9. The predicted molar refractivity (Wildman–Crippen MR) is 67.8 cm³/mol. The minimum absolute atomic E-state index is 0.427. The van der Waals surface area contributed by atoms with Crippen molar-refractivity contribution in [3.05, 3.63) is 0 Å². The van der Waals surface area contributed by atoms with Gasteiger partial charge in [-0.25, -0.2) is 0 Å². The summed E-state index contributed by atoms with van der Waals surface area (Å²) in [6, 6.07) is -0.950. The lowest BCUT2D eigenvalue weighted by Gasteiger charge is -2.30. The minimum Gasteiger partial charge on any atom is -0.480 e. The van der Waals surface area contributed by atoms with Gasteiger partial charge in [0.25, 0.3) is 0 Å². The van der Waals surface area contributed by atoms with Gasteiger partial charge in [-0.2, -0.15) is 0 Å². The fourth-order valence-electron chi connectivity index (χ4n) is 1.56. The Bertz CT molecular complexity index is 226. The van der Waals surface area contributed by atoms with Crippen molar-refractivity contribution in [3.8, 4) is 0 Å². The van der Waals surface area contributed by atoms with E-state index in [1.165, 1.54) is 0 Å². The van der Waals surface area contributed by atoms with Gasteiger partial charge in [0.2, 0.25) is 0 Å². The summed E-state index contributed by atoms with van der Waals surface area (Å²) in [6.07, 6.45) is 2.74. The molecule has 0 aliphatic rings. The molecule has 2 atom stereocenters. The Labute approximate surface area is 104 Å². The molecule has 0 aliphatic heterocycles. The lowest BCUT2D eigenvalue weighted by atomic mass is 10.1. The van der Waals surface area contributed by atoms with E-state index in [0.717, 1.165) is 19.3 Å². The molecule has 0 saturated heterocycles. The number of aliphatic carboxylic acids is 1. The molecule has 0 bridgehead atoms. The van der Waals surface area contributed by atoms with Crippen molar-refractivity contribution in [1.29, 1.82) is 0 Å². The van der Waals surface area contributed by atoms with Crippen LogP contribution in [0.2, 0.25) is 0 Å². The van der Waals surface area contributed by atoms with Crippen LogP contribution in [0.5, 0.6) is 0 Å². The number of ether oxygens (including phenoxy) is 1. The van der Waals surface area contributed by atoms with Crippen LogP contribution >= 0.6 is 0 Å². The van der Waals surface area contributed by atoms with E-state index in [1.807, 2.05) is 21.1 Å². The van der Waals surface area contributed by atoms with Crippen LogP contribution in [0.1, 0.15) is 26.2 Å². The van der Waals surface area contributed by atoms with Gasteiger partial charge in [-0.15, -0.1) is 0 Å². The van der Waals surface area contributed by atoms with E-state index in [0.29, 0.717) is 17.6 Å². The van der Waals surface area contributed by atoms with Gasteiger partial charge in [-0.05, 0) is 6.42 Å². The number of carboxylic acid groups (broad SMARTS) is 1. The third-order valence-corrected chi connectivity index (χ3v) is 2.49. The maximum atomic E-state index is 10.9. The van der Waals surface area contributed by atoms with Crippen molar-refractivity contribution in [1.82, 2.24) is 0 Å². The minimum atomic E-state index is -1.00. The van der Waals surface area contributed by atoms with Crippen LogP contribution in [0.3, 0.4) is 0 Å². The van der Waals surface area contributed by atoms with Gasteiger partial charge >= 0.3 is 5.97 Å². The average Bonchev–Trinajstić information content (AvgIpc) is 2.19. The van der Waals surface area contributed by atoms with Crippen LogP contribution in [0.4, 0.5) is 0 Å². The molecular formula is C12H27N2O3+. The Morgan fingerprint density at radius 2 is 1.94 bits per heavy atom. The normalized spacial score (nSPS) is 15.6. The molecule has 5 nitrogen and oxygen atoms in total. The molecular weight excluding hydrogens is 220 g/mol. The van der Waals surface area contributed by atoms with Crippen molar-refractivity contribution >= 4 is 5.97 Å². The molecule has 0 spiro atoms. The van der Waals surface area contributed by atoms with E-state index < -0.39 is 18.1 Å². The summed E-state index contributed by atoms with van der Waals surface area (Å²) in [6.45, 7) is 3.30. The van der Waals surface area contributed by atoms with Crippen LogP contribution in [-0.2, 0) is 9.53 Å². The second-order valence-electron chi connectivity index (χ2n) is 5.45. The van der Waals surface area contributed by atoms with Gasteiger partial charge in [-0.1, -0.05) is 19.8 Å². The summed E-state index contributed by atoms with van der Waals surface area (Å²) in [7, 11) is 5.99. The first-order valence-electron chi connectivity index (χ1n) is 6.18. The molecule has 0 aromatic carbocycles. The highest BCUT2D eigenvalue weighted by molar-refractivity contribution is 5.73. The molecule has 0 aromatic rings. The summed E-state index contributed by atoms with van der Waals surface area (Å²) >= 11 is 0. The number of rotatable bonds is 9. The molecule has 0 saturated carbocycles. The topological polar surface area (TPSA) is 72.5 Å². The first kappa shape index (κ1) is 16.4. The van der Waals surface area contributed by atoms with Crippen molar-refractivity contribution in [3.63, 3.8) is 0 Å². The second-order valence-corrected chi connectivity index (χ2v) is 5.45. The highest BCUT2D eigenvalue weighted by Gasteiger charge is 2.29. The Hall–Kier alpha value is -0.650. The number of unbranched alkanes of at least 4 members (excludes halogenated alkanes) is 2. The van der Waals surface area contributed by atoms with Crippen molar-refractivity contribution < 1.29 is 19.1 Å². The average molecular weight is 247 g/mol. The maximum Gasteiger partial charge on any atom is 0.323 e. The van der Waals surface area contributed by atoms with Gasteiger partial charge in [0.1, 0.15) is 18.7 Å². The molecule has 0 rings (SSSR count). The third kappa shape index (κ3) is 8.12. The lowest BCUT2D eigenvalue weighted by Crippen LogP contribution is -2.52. The number of hydrogen-bond donors (Lipinski definition) is 2. The zero-order valence-corrected chi connectivity index (χ0v) is 11.5. The van der Waals surface area contributed by atoms with Gasteiger partial charge in [0.15, 0.2) is 0 Å². The number of carboxylic acids is 1. The Morgan fingerprint density at radius 1 is 1.35 bits per heavy atom. The number of carbonyl (C=O) groups is 1. The molecule has 5 heteroatoms. The fraction of sp³-hybridized carbons (Fsp3) is 0.917. The molecule has 3 N–H and O–H groups in total. The summed E-state index contributed by atoms with van der Waals surface area (Å²) in [5, 5.41) is 8.94. The van der Waals surface area contributed by atoms with Crippen LogP contribution < -0.4 is 5.73 Å². The van der Waals surface area contributed by atoms with Crippen LogP contribution in [0, 0.1) is 0 Å². The lowest BCUT2D eigenvalue weighted by molar-refractivity contribution is -0.873. The van der Waals surface area contributed by atoms with Crippen molar-refractivity contribution in [2.24, 2.45) is 5.73 Å². The summed E-state index contributed by atoms with van der Waals surface area (Å²) in [5.74, 6) is -1.00. The molecule has 0 radical (unpaired) electrons. The largest absolute Gasteiger partial charge is 0.480 e. The highest BCUT2D eigenvalue weighted by atomic mass is 16.5. The van der Waals surface area contributed by atoms with Crippen molar-refractivity contribution in [2.75, 3.05) is 34.3 Å². The standard InChI is InChI=1S/C12H26N2O3/c1-5-6-7-8-17-10(9-14(2,3)4)11(13)12(15)16/h10-11H,5-9,13H2,1-4H3/p+1. The predicted octanol–water partition coefficient (Wildman–Crippen LogP) is 0.680. The van der Waals surface area contributed by atoms with Gasteiger partial charge in [-0.3, -0.25) is 4.79 Å². The fourth-order valence-corrected chi connectivity index (χ4v) is 1.56. The van der Waals surface area contributed by atoms with Crippen LogP contribution in [0.15, 0.2) is 0 Å². The number of nitrogens with zero attached hydrogens (tertiary/aromatic N) is 1. The Balaban J connectivity index is 4.26. The number of hydrogen-bond acceptors (Lipinski definition) is 3. The van der Waals surface area contributed by atoms with E-state index in [-0.39, 0.29) is 0 Å². The highest BCUT2D eigenvalue weighted by Crippen LogP contribution is 2.06. The van der Waals surface area contributed by atoms with Gasteiger partial charge in [0, 0.05) is 6.61 Å². The monoisotopic (exact) mass is 247 g/mol. The summed E-state index contributed by atoms with van der Waals surface area (Å²) in [5.41, 5.74) is 5.65. The quantitative estimate of drug-likeness (QED) is 0.464. The van der Waals surface area contributed by atoms with Gasteiger partial charge in [0.05, 0.1) is 21.1 Å². The van der Waals surface area contributed by atoms with Crippen LogP contribution in [-0.4, -0.2) is 62.0 Å². The molecule has 102 valence electrons. The molecule has 0 aromatic heterocycles. The Kier molecular flexibility index (Phi) is 7.34. The first-order chi connectivity index (χ1) is 7.78. The smallest absolute Gasteiger partial charge is 0.323 e. The SMILES string of the molecule is CCCCCOC(C[N+](C)(C)C)C(N)C(=O)O. The van der Waals surface area contributed by atoms with E-state index in [1.54, 1.807) is 0 Å². The van der Waals surface area contributed by atoms with E-state index in [2.05, 4.69) is 6.92 Å². The summed E-state index contributed by atoms with van der Waals surface area (Å²) < 4.78 is 6.26. The molecule has 17 heavy (non-hydrogen) atoms. The van der Waals surface area contributed by atoms with Gasteiger partial charge < -0.3 is 20.1 Å². The van der Waals surface area contributed by atoms with E-state index in [9.17, 15) is 4.79 Å². The third-order valence-electron chi connectivity index (χ3n) is 2.49. The number of likely N-dealkylation sites (N-methyl/N-ethyl adjacent to an activating group) is 1. The van der Waals surface area contributed by atoms with E-state index in [4.69, 9.17) is 15.6 Å². The summed E-state index contributed by atoms with van der Waals surface area (Å²) in [4.78, 5) is 10.9. The number of quaternary nitrogens is 1. The van der Waals surface area contributed by atoms with Crippen molar-refractivity contribution in [2.45, 2.75) is 38.3 Å².